The molecule has 0 heterocycles. The number of hydrogen-bond acceptors (Lipinski definition) is 2. The van der Waals surface area contributed by atoms with Gasteiger partial charge in [0.05, 0.1) is 0 Å². The molecule has 0 rings (SSSR count). The minimum absolute atomic E-state index is 0.178. The fraction of sp³-hybridized carbons (Fsp3) is 0.750. The maximum absolute atomic E-state index is 11.3. The molecular formula is C12H23NOS. The Morgan fingerprint density at radius 3 is 2.67 bits per heavy atom. The zero-order valence-corrected chi connectivity index (χ0v) is 10.7. The lowest BCUT2D eigenvalue weighted by molar-refractivity contribution is -0.121. The van der Waals surface area contributed by atoms with Gasteiger partial charge in [-0.1, -0.05) is 38.7 Å². The van der Waals surface area contributed by atoms with Crippen molar-refractivity contribution < 1.29 is 4.79 Å². The Hall–Kier alpha value is -0.440. The molecule has 0 atom stereocenters. The predicted octanol–water partition coefficient (Wildman–Crippen LogP) is 3.34. The van der Waals surface area contributed by atoms with E-state index in [1.54, 1.807) is 11.8 Å². The van der Waals surface area contributed by atoms with Crippen molar-refractivity contribution in [1.82, 2.24) is 5.32 Å². The fourth-order valence-electron chi connectivity index (χ4n) is 1.29. The van der Waals surface area contributed by atoms with Crippen LogP contribution in [0.15, 0.2) is 11.5 Å². The Kier molecular flexibility index (Phi) is 11.3. The molecule has 88 valence electrons. The summed E-state index contributed by atoms with van der Waals surface area (Å²) in [6, 6.07) is 0. The van der Waals surface area contributed by atoms with Gasteiger partial charge in [0, 0.05) is 13.0 Å². The highest BCUT2D eigenvalue weighted by Crippen LogP contribution is 2.04. The van der Waals surface area contributed by atoms with Crippen molar-refractivity contribution in [2.45, 2.75) is 45.4 Å². The van der Waals surface area contributed by atoms with E-state index in [0.717, 1.165) is 6.42 Å². The normalized spacial score (nSPS) is 10.8. The highest BCUT2D eigenvalue weighted by atomic mass is 32.2. The maximum Gasteiger partial charge on any atom is 0.220 e. The van der Waals surface area contributed by atoms with Gasteiger partial charge in [0.25, 0.3) is 0 Å². The van der Waals surface area contributed by atoms with Crippen LogP contribution in [0.2, 0.25) is 0 Å². The molecule has 0 saturated carbocycles. The van der Waals surface area contributed by atoms with Crippen LogP contribution in [-0.4, -0.2) is 18.7 Å². The van der Waals surface area contributed by atoms with Gasteiger partial charge in [-0.15, -0.1) is 11.8 Å². The minimum Gasteiger partial charge on any atom is -0.353 e. The molecule has 0 unspecified atom stereocenters. The third-order valence-electron chi connectivity index (χ3n) is 2.16. The van der Waals surface area contributed by atoms with E-state index in [1.807, 2.05) is 17.7 Å². The first kappa shape index (κ1) is 14.6. The topological polar surface area (TPSA) is 29.1 Å². The van der Waals surface area contributed by atoms with E-state index in [9.17, 15) is 4.79 Å². The number of hydrogen-bond donors (Lipinski definition) is 1. The number of carbonyl (C=O) groups is 1. The third kappa shape index (κ3) is 11.5. The van der Waals surface area contributed by atoms with Crippen LogP contribution in [0.4, 0.5) is 0 Å². The zero-order chi connectivity index (χ0) is 11.4. The first-order valence-corrected chi connectivity index (χ1v) is 7.04. The smallest absolute Gasteiger partial charge is 0.220 e. The van der Waals surface area contributed by atoms with Gasteiger partial charge >= 0.3 is 0 Å². The third-order valence-corrected chi connectivity index (χ3v) is 2.62. The van der Waals surface area contributed by atoms with Crippen LogP contribution in [0, 0.1) is 0 Å². The largest absolute Gasteiger partial charge is 0.353 e. The highest BCUT2D eigenvalue weighted by Gasteiger charge is 1.98. The lowest BCUT2D eigenvalue weighted by Crippen LogP contribution is -2.22. The van der Waals surface area contributed by atoms with Gasteiger partial charge in [-0.2, -0.15) is 0 Å². The summed E-state index contributed by atoms with van der Waals surface area (Å²) in [6.45, 7) is 2.86. The molecule has 15 heavy (non-hydrogen) atoms. The summed E-state index contributed by atoms with van der Waals surface area (Å²) in [7, 11) is 0. The van der Waals surface area contributed by atoms with E-state index in [1.165, 1.54) is 25.7 Å². The van der Waals surface area contributed by atoms with Crippen molar-refractivity contribution in [3.8, 4) is 0 Å². The Bertz CT molecular complexity index is 180. The molecule has 0 fully saturated rings. The zero-order valence-electron chi connectivity index (χ0n) is 9.92. The lowest BCUT2D eigenvalue weighted by atomic mass is 10.1. The number of nitrogens with one attached hydrogen (secondary N) is 1. The standard InChI is InChI=1S/C12H23NOS/c1-3-4-5-6-7-9-12(14)13-10-8-11-15-2/h8,11H,3-7,9-10H2,1-2H3,(H,13,14)/b11-8+. The van der Waals surface area contributed by atoms with Crippen molar-refractivity contribution in [1.29, 1.82) is 0 Å². The van der Waals surface area contributed by atoms with Crippen LogP contribution in [0.3, 0.4) is 0 Å². The number of thioether (sulfide) groups is 1. The van der Waals surface area contributed by atoms with Crippen LogP contribution < -0.4 is 5.32 Å². The quantitative estimate of drug-likeness (QED) is 0.614. The highest BCUT2D eigenvalue weighted by molar-refractivity contribution is 8.01. The second kappa shape index (κ2) is 11.6. The van der Waals surface area contributed by atoms with Crippen LogP contribution in [0.25, 0.3) is 0 Å². The van der Waals surface area contributed by atoms with Gasteiger partial charge in [0.15, 0.2) is 0 Å². The number of unbranched alkanes of at least 4 members (excludes halogenated alkanes) is 4. The average Bonchev–Trinajstić information content (AvgIpc) is 2.24. The molecular weight excluding hydrogens is 206 g/mol. The molecule has 3 heteroatoms. The Balaban J connectivity index is 3.22. The molecule has 0 aromatic heterocycles. The Morgan fingerprint density at radius 1 is 1.27 bits per heavy atom. The number of amides is 1. The molecule has 1 N–H and O–H groups in total. The molecule has 0 saturated heterocycles. The van der Waals surface area contributed by atoms with Crippen molar-refractivity contribution in [2.24, 2.45) is 0 Å². The van der Waals surface area contributed by atoms with Gasteiger partial charge in [-0.25, -0.2) is 0 Å². The molecule has 0 aliphatic heterocycles. The second-order valence-electron chi connectivity index (χ2n) is 3.58. The molecule has 0 aromatic rings. The molecule has 0 bridgehead atoms. The Labute approximate surface area is 97.9 Å². The summed E-state index contributed by atoms with van der Waals surface area (Å²) < 4.78 is 0. The van der Waals surface area contributed by atoms with E-state index in [4.69, 9.17) is 0 Å². The summed E-state index contributed by atoms with van der Waals surface area (Å²) in [5.41, 5.74) is 0. The van der Waals surface area contributed by atoms with E-state index < -0.39 is 0 Å². The van der Waals surface area contributed by atoms with Crippen molar-refractivity contribution in [3.05, 3.63) is 11.5 Å². The molecule has 0 spiro atoms. The predicted molar refractivity (Wildman–Crippen MR) is 69.0 cm³/mol. The fourth-order valence-corrected chi connectivity index (χ4v) is 1.58. The molecule has 1 amide bonds. The summed E-state index contributed by atoms with van der Waals surface area (Å²) in [6.07, 6.45) is 10.7. The lowest BCUT2D eigenvalue weighted by Gasteiger charge is -2.01. The average molecular weight is 229 g/mol. The van der Waals surface area contributed by atoms with Crippen molar-refractivity contribution in [3.63, 3.8) is 0 Å². The van der Waals surface area contributed by atoms with Gasteiger partial charge in [-0.05, 0) is 18.1 Å². The monoisotopic (exact) mass is 229 g/mol. The van der Waals surface area contributed by atoms with Crippen LogP contribution in [-0.2, 0) is 4.79 Å². The van der Waals surface area contributed by atoms with Gasteiger partial charge in [0.2, 0.25) is 5.91 Å². The first-order chi connectivity index (χ1) is 7.31. The van der Waals surface area contributed by atoms with Crippen molar-refractivity contribution in [2.75, 3.05) is 12.8 Å². The molecule has 0 aliphatic rings. The van der Waals surface area contributed by atoms with Gasteiger partial charge < -0.3 is 5.32 Å². The van der Waals surface area contributed by atoms with Crippen LogP contribution in [0.1, 0.15) is 45.4 Å². The number of carbonyl (C=O) groups excluding carboxylic acids is 1. The molecule has 0 aliphatic carbocycles. The Morgan fingerprint density at radius 2 is 2.00 bits per heavy atom. The molecule has 0 aromatic carbocycles. The first-order valence-electron chi connectivity index (χ1n) is 5.75. The van der Waals surface area contributed by atoms with E-state index in [-0.39, 0.29) is 5.91 Å². The summed E-state index contributed by atoms with van der Waals surface area (Å²) in [5.74, 6) is 0.178. The van der Waals surface area contributed by atoms with Crippen molar-refractivity contribution >= 4 is 17.7 Å². The van der Waals surface area contributed by atoms with E-state index in [2.05, 4.69) is 12.2 Å². The SMILES string of the molecule is CCCCCCCC(=O)NC/C=C/SC. The van der Waals surface area contributed by atoms with Crippen LogP contribution >= 0.6 is 11.8 Å². The molecule has 0 radical (unpaired) electrons. The summed E-state index contributed by atoms with van der Waals surface area (Å²) in [5, 5.41) is 4.86. The molecule has 2 nitrogen and oxygen atoms in total. The summed E-state index contributed by atoms with van der Waals surface area (Å²) >= 11 is 1.65. The van der Waals surface area contributed by atoms with E-state index >= 15 is 0 Å². The maximum atomic E-state index is 11.3. The summed E-state index contributed by atoms with van der Waals surface area (Å²) in [4.78, 5) is 11.3. The minimum atomic E-state index is 0.178. The second-order valence-corrected chi connectivity index (χ2v) is 4.32. The van der Waals surface area contributed by atoms with Crippen LogP contribution in [0.5, 0.6) is 0 Å². The van der Waals surface area contributed by atoms with Gasteiger partial charge in [-0.3, -0.25) is 4.79 Å². The van der Waals surface area contributed by atoms with Gasteiger partial charge in [0.1, 0.15) is 0 Å². The number of rotatable bonds is 9. The van der Waals surface area contributed by atoms with E-state index in [0.29, 0.717) is 13.0 Å².